The van der Waals surface area contributed by atoms with Gasteiger partial charge in [-0.05, 0) is 24.4 Å². The van der Waals surface area contributed by atoms with Crippen LogP contribution in [0.3, 0.4) is 0 Å². The molecule has 0 amide bonds. The van der Waals surface area contributed by atoms with E-state index in [2.05, 4.69) is 5.10 Å². The Morgan fingerprint density at radius 2 is 1.48 bits per heavy atom. The molecule has 0 aliphatic heterocycles. The number of halogens is 2. The quantitative estimate of drug-likeness (QED) is 0.666. The topological polar surface area (TPSA) is 22.8 Å². The lowest BCUT2D eigenvalue weighted by atomic mass is 10.2. The molecule has 0 saturated heterocycles. The fourth-order valence-corrected chi connectivity index (χ4v) is 2.41. The van der Waals surface area contributed by atoms with Gasteiger partial charge >= 0.3 is 6.55 Å². The lowest BCUT2D eigenvalue weighted by Crippen LogP contribution is -2.01. The molecule has 0 aliphatic carbocycles. The maximum absolute atomic E-state index is 13.1. The molecule has 0 atom stereocenters. The van der Waals surface area contributed by atoms with E-state index in [0.717, 1.165) is 5.56 Å². The van der Waals surface area contributed by atoms with Crippen LogP contribution in [0.15, 0.2) is 60.7 Å². The van der Waals surface area contributed by atoms with Gasteiger partial charge < -0.3 is 0 Å². The number of nitrogens with zero attached hydrogens (tertiary/aromatic N) is 3. The third kappa shape index (κ3) is 2.50. The molecular formula is C15H11F2N3S. The molecule has 0 radical (unpaired) electrons. The minimum Gasteiger partial charge on any atom is -0.268 e. The highest BCUT2D eigenvalue weighted by Crippen LogP contribution is 2.24. The highest BCUT2D eigenvalue weighted by molar-refractivity contribution is 7.71. The van der Waals surface area contributed by atoms with E-state index in [-0.39, 0.29) is 4.77 Å². The average molecular weight is 303 g/mol. The predicted molar refractivity (Wildman–Crippen MR) is 79.1 cm³/mol. The van der Waals surface area contributed by atoms with Gasteiger partial charge in [0.05, 0.1) is 0 Å². The van der Waals surface area contributed by atoms with Gasteiger partial charge in [0, 0.05) is 11.3 Å². The van der Waals surface area contributed by atoms with Gasteiger partial charge in [-0.2, -0.15) is 13.5 Å². The molecule has 1 heterocycles. The number of rotatable bonds is 3. The molecule has 0 aliphatic rings. The van der Waals surface area contributed by atoms with Crippen molar-refractivity contribution >= 4 is 12.2 Å². The molecule has 3 rings (SSSR count). The van der Waals surface area contributed by atoms with Crippen molar-refractivity contribution in [3.05, 3.63) is 65.4 Å². The van der Waals surface area contributed by atoms with E-state index < -0.39 is 6.55 Å². The van der Waals surface area contributed by atoms with Crippen LogP contribution in [0.25, 0.3) is 17.1 Å². The van der Waals surface area contributed by atoms with E-state index in [1.807, 2.05) is 48.5 Å². The van der Waals surface area contributed by atoms with Gasteiger partial charge in [0.25, 0.3) is 0 Å². The Kier molecular flexibility index (Phi) is 3.62. The summed E-state index contributed by atoms with van der Waals surface area (Å²) in [5.41, 5.74) is 1.43. The fraction of sp³-hybridized carbons (Fsp3) is 0.0667. The van der Waals surface area contributed by atoms with Gasteiger partial charge in [0.15, 0.2) is 5.82 Å². The van der Waals surface area contributed by atoms with Gasteiger partial charge in [0.1, 0.15) is 0 Å². The molecule has 6 heteroatoms. The molecule has 0 unspecified atom stereocenters. The lowest BCUT2D eigenvalue weighted by molar-refractivity contribution is 0.0546. The van der Waals surface area contributed by atoms with Crippen molar-refractivity contribution in [2.24, 2.45) is 0 Å². The number of alkyl halides is 2. The second kappa shape index (κ2) is 5.57. The van der Waals surface area contributed by atoms with Gasteiger partial charge in [-0.15, -0.1) is 5.10 Å². The first-order chi connectivity index (χ1) is 10.2. The Morgan fingerprint density at radius 3 is 2.05 bits per heavy atom. The standard InChI is InChI=1S/C15H11F2N3S/c16-14(17)20-15(21)19(12-9-5-2-6-10-12)13(18-20)11-7-3-1-4-8-11/h1-10,14H. The van der Waals surface area contributed by atoms with Crippen molar-refractivity contribution in [3.8, 4) is 17.1 Å². The summed E-state index contributed by atoms with van der Waals surface area (Å²) in [6.07, 6.45) is 0. The number of para-hydroxylation sites is 1. The fourth-order valence-electron chi connectivity index (χ4n) is 2.09. The van der Waals surface area contributed by atoms with Crippen molar-refractivity contribution in [1.82, 2.24) is 14.3 Å². The van der Waals surface area contributed by atoms with E-state index in [9.17, 15) is 8.78 Å². The van der Waals surface area contributed by atoms with E-state index in [4.69, 9.17) is 12.2 Å². The van der Waals surface area contributed by atoms with Crippen molar-refractivity contribution in [3.63, 3.8) is 0 Å². The molecule has 0 fully saturated rings. The van der Waals surface area contributed by atoms with Crippen LogP contribution in [-0.2, 0) is 0 Å². The van der Waals surface area contributed by atoms with Crippen molar-refractivity contribution in [2.45, 2.75) is 6.55 Å². The third-order valence-electron chi connectivity index (χ3n) is 3.03. The molecule has 2 aromatic carbocycles. The molecular weight excluding hydrogens is 292 g/mol. The zero-order chi connectivity index (χ0) is 14.8. The summed E-state index contributed by atoms with van der Waals surface area (Å²) < 4.78 is 28.2. The predicted octanol–water partition coefficient (Wildman–Crippen LogP) is 4.47. The SMILES string of the molecule is FC(F)n1nc(-c2ccccc2)n(-c2ccccc2)c1=S. The minimum atomic E-state index is -2.77. The van der Waals surface area contributed by atoms with Crippen LogP contribution in [0.2, 0.25) is 0 Å². The summed E-state index contributed by atoms with van der Waals surface area (Å²) in [4.78, 5) is 0. The summed E-state index contributed by atoms with van der Waals surface area (Å²) in [6.45, 7) is -2.77. The van der Waals surface area contributed by atoms with E-state index in [1.165, 1.54) is 0 Å². The normalized spacial score (nSPS) is 11.0. The minimum absolute atomic E-state index is 0.0324. The van der Waals surface area contributed by atoms with Crippen molar-refractivity contribution in [2.75, 3.05) is 0 Å². The first kappa shape index (κ1) is 13.6. The highest BCUT2D eigenvalue weighted by atomic mass is 32.1. The zero-order valence-electron chi connectivity index (χ0n) is 10.9. The van der Waals surface area contributed by atoms with Crippen LogP contribution in [0.5, 0.6) is 0 Å². The Morgan fingerprint density at radius 1 is 0.905 bits per heavy atom. The summed E-state index contributed by atoms with van der Waals surface area (Å²) in [7, 11) is 0. The van der Waals surface area contributed by atoms with Gasteiger partial charge in [0.2, 0.25) is 4.77 Å². The van der Waals surface area contributed by atoms with E-state index in [1.54, 1.807) is 16.7 Å². The Bertz CT molecular complexity index is 795. The van der Waals surface area contributed by atoms with Crippen LogP contribution >= 0.6 is 12.2 Å². The van der Waals surface area contributed by atoms with Crippen LogP contribution < -0.4 is 0 Å². The van der Waals surface area contributed by atoms with Crippen molar-refractivity contribution < 1.29 is 8.78 Å². The second-order valence-electron chi connectivity index (χ2n) is 4.37. The summed E-state index contributed by atoms with van der Waals surface area (Å²) in [5, 5.41) is 3.98. The smallest absolute Gasteiger partial charge is 0.268 e. The maximum Gasteiger partial charge on any atom is 0.335 e. The lowest BCUT2D eigenvalue weighted by Gasteiger charge is -2.06. The molecule has 0 N–H and O–H groups in total. The maximum atomic E-state index is 13.1. The first-order valence-electron chi connectivity index (χ1n) is 6.29. The van der Waals surface area contributed by atoms with E-state index in [0.29, 0.717) is 16.2 Å². The first-order valence-corrected chi connectivity index (χ1v) is 6.70. The summed E-state index contributed by atoms with van der Waals surface area (Å²) in [6, 6.07) is 18.3. The molecule has 3 aromatic rings. The molecule has 1 aromatic heterocycles. The van der Waals surface area contributed by atoms with Crippen LogP contribution in [0.4, 0.5) is 8.78 Å². The van der Waals surface area contributed by atoms with E-state index >= 15 is 0 Å². The van der Waals surface area contributed by atoms with Gasteiger partial charge in [-0.3, -0.25) is 4.57 Å². The molecule has 0 spiro atoms. The highest BCUT2D eigenvalue weighted by Gasteiger charge is 2.18. The Balaban J connectivity index is 2.29. The second-order valence-corrected chi connectivity index (χ2v) is 4.73. The van der Waals surface area contributed by atoms with Crippen LogP contribution in [0.1, 0.15) is 6.55 Å². The molecule has 0 saturated carbocycles. The molecule has 3 nitrogen and oxygen atoms in total. The molecule has 0 bridgehead atoms. The van der Waals surface area contributed by atoms with Crippen LogP contribution in [0, 0.1) is 4.77 Å². The summed E-state index contributed by atoms with van der Waals surface area (Å²) >= 11 is 5.15. The van der Waals surface area contributed by atoms with Crippen LogP contribution in [-0.4, -0.2) is 14.3 Å². The largest absolute Gasteiger partial charge is 0.335 e. The number of aromatic nitrogens is 3. The number of hydrogen-bond donors (Lipinski definition) is 0. The third-order valence-corrected chi connectivity index (χ3v) is 3.40. The number of hydrogen-bond acceptors (Lipinski definition) is 2. The average Bonchev–Trinajstić information content (AvgIpc) is 2.87. The summed E-state index contributed by atoms with van der Waals surface area (Å²) in [5.74, 6) is 0.395. The zero-order valence-corrected chi connectivity index (χ0v) is 11.7. The number of benzene rings is 2. The Labute approximate surface area is 125 Å². The monoisotopic (exact) mass is 303 g/mol. The Hall–Kier alpha value is -2.34. The van der Waals surface area contributed by atoms with Crippen molar-refractivity contribution in [1.29, 1.82) is 0 Å². The molecule has 106 valence electrons. The van der Waals surface area contributed by atoms with Gasteiger partial charge in [-0.25, -0.2) is 0 Å². The van der Waals surface area contributed by atoms with Gasteiger partial charge in [-0.1, -0.05) is 48.5 Å². The molecule has 21 heavy (non-hydrogen) atoms.